The number of rotatable bonds is 9. The van der Waals surface area contributed by atoms with E-state index < -0.39 is 0 Å². The second-order valence-corrected chi connectivity index (χ2v) is 5.99. The molecule has 160 valence electrons. The van der Waals surface area contributed by atoms with E-state index in [-0.39, 0.29) is 29.8 Å². The van der Waals surface area contributed by atoms with Gasteiger partial charge in [-0.05, 0) is 43.2 Å². The largest absolute Gasteiger partial charge is 0.493 e. The third-order valence-corrected chi connectivity index (χ3v) is 4.16. The fourth-order valence-corrected chi connectivity index (χ4v) is 2.77. The van der Waals surface area contributed by atoms with Gasteiger partial charge in [0.1, 0.15) is 5.82 Å². The highest BCUT2D eigenvalue weighted by Gasteiger charge is 2.15. The molecule has 0 aromatic heterocycles. The standard InChI is InChI=1S/C21H28FN3O3.HI/c1-5-23-21(24-13-12-15-6-9-17(22)10-7-15)25-14-16-8-11-18(26-2)20(28-4)19(16)27-3;/h6-11H,5,12-14H2,1-4H3,(H2,23,24,25);1H. The summed E-state index contributed by atoms with van der Waals surface area (Å²) in [5, 5.41) is 6.51. The molecule has 2 N–H and O–H groups in total. The number of ether oxygens (including phenoxy) is 3. The summed E-state index contributed by atoms with van der Waals surface area (Å²) in [6.45, 7) is 3.84. The molecule has 2 aromatic rings. The highest BCUT2D eigenvalue weighted by Crippen LogP contribution is 2.39. The molecule has 2 rings (SSSR count). The number of methoxy groups -OCH3 is 3. The highest BCUT2D eigenvalue weighted by atomic mass is 127. The fourth-order valence-electron chi connectivity index (χ4n) is 2.77. The number of hydrogen-bond donors (Lipinski definition) is 2. The molecule has 0 spiro atoms. The molecule has 0 saturated carbocycles. The summed E-state index contributed by atoms with van der Waals surface area (Å²) in [5.41, 5.74) is 1.95. The quantitative estimate of drug-likeness (QED) is 0.301. The molecular formula is C21H29FIN3O3. The number of hydrogen-bond acceptors (Lipinski definition) is 4. The van der Waals surface area contributed by atoms with Crippen molar-refractivity contribution in [1.82, 2.24) is 10.6 Å². The van der Waals surface area contributed by atoms with Crippen LogP contribution in [0.25, 0.3) is 0 Å². The van der Waals surface area contributed by atoms with Gasteiger partial charge in [0.25, 0.3) is 0 Å². The van der Waals surface area contributed by atoms with E-state index in [4.69, 9.17) is 14.2 Å². The van der Waals surface area contributed by atoms with Gasteiger partial charge >= 0.3 is 0 Å². The van der Waals surface area contributed by atoms with Crippen molar-refractivity contribution in [1.29, 1.82) is 0 Å². The first-order valence-electron chi connectivity index (χ1n) is 9.17. The Morgan fingerprint density at radius 2 is 1.62 bits per heavy atom. The van der Waals surface area contributed by atoms with Crippen LogP contribution < -0.4 is 24.8 Å². The Kier molecular flexibility index (Phi) is 11.2. The Labute approximate surface area is 188 Å². The van der Waals surface area contributed by atoms with Crippen molar-refractivity contribution in [3.8, 4) is 17.2 Å². The van der Waals surface area contributed by atoms with Crippen LogP contribution in [0.4, 0.5) is 4.39 Å². The summed E-state index contributed by atoms with van der Waals surface area (Å²) in [5.74, 6) is 2.23. The molecule has 0 saturated heterocycles. The molecule has 0 aliphatic carbocycles. The Bertz CT molecular complexity index is 785. The van der Waals surface area contributed by atoms with Crippen LogP contribution in [0, 0.1) is 5.82 Å². The van der Waals surface area contributed by atoms with E-state index in [1.165, 1.54) is 12.1 Å². The lowest BCUT2D eigenvalue weighted by Crippen LogP contribution is -2.38. The molecular weight excluding hydrogens is 488 g/mol. The lowest BCUT2D eigenvalue weighted by Gasteiger charge is -2.16. The molecule has 0 unspecified atom stereocenters. The molecule has 0 amide bonds. The maximum atomic E-state index is 13.0. The van der Waals surface area contributed by atoms with E-state index in [9.17, 15) is 4.39 Å². The van der Waals surface area contributed by atoms with Crippen LogP contribution in [-0.2, 0) is 13.0 Å². The van der Waals surface area contributed by atoms with Gasteiger partial charge < -0.3 is 24.8 Å². The predicted molar refractivity (Wildman–Crippen MR) is 124 cm³/mol. The first kappa shape index (κ1) is 24.8. The zero-order valence-corrected chi connectivity index (χ0v) is 19.6. The SMILES string of the molecule is CCNC(=NCc1ccc(OC)c(OC)c1OC)NCCc1ccc(F)cc1.I. The topological polar surface area (TPSA) is 64.1 Å². The zero-order chi connectivity index (χ0) is 20.4. The van der Waals surface area contributed by atoms with Crippen molar-refractivity contribution >= 4 is 29.9 Å². The maximum absolute atomic E-state index is 13.0. The third-order valence-electron chi connectivity index (χ3n) is 4.16. The number of nitrogens with zero attached hydrogens (tertiary/aromatic N) is 1. The van der Waals surface area contributed by atoms with E-state index in [1.54, 1.807) is 33.5 Å². The minimum absolute atomic E-state index is 0. The molecule has 0 aliphatic heterocycles. The van der Waals surface area contributed by atoms with Gasteiger partial charge in [-0.2, -0.15) is 0 Å². The number of halogens is 2. The Morgan fingerprint density at radius 3 is 2.21 bits per heavy atom. The van der Waals surface area contributed by atoms with Gasteiger partial charge in [-0.25, -0.2) is 9.38 Å². The average molecular weight is 517 g/mol. The van der Waals surface area contributed by atoms with Crippen LogP contribution in [0.1, 0.15) is 18.1 Å². The summed E-state index contributed by atoms with van der Waals surface area (Å²) in [7, 11) is 4.76. The molecule has 2 aromatic carbocycles. The minimum Gasteiger partial charge on any atom is -0.493 e. The van der Waals surface area contributed by atoms with Crippen LogP contribution in [0.3, 0.4) is 0 Å². The molecule has 0 heterocycles. The van der Waals surface area contributed by atoms with Gasteiger partial charge in [-0.15, -0.1) is 24.0 Å². The van der Waals surface area contributed by atoms with Crippen LogP contribution in [-0.4, -0.2) is 40.4 Å². The fraction of sp³-hybridized carbons (Fsp3) is 0.381. The Hall–Kier alpha value is -2.23. The van der Waals surface area contributed by atoms with Crippen molar-refractivity contribution in [3.63, 3.8) is 0 Å². The minimum atomic E-state index is -0.226. The molecule has 6 nitrogen and oxygen atoms in total. The van der Waals surface area contributed by atoms with E-state index in [0.717, 1.165) is 24.1 Å². The zero-order valence-electron chi connectivity index (χ0n) is 17.3. The van der Waals surface area contributed by atoms with E-state index in [0.29, 0.717) is 36.3 Å². The van der Waals surface area contributed by atoms with Gasteiger partial charge in [0.15, 0.2) is 17.5 Å². The monoisotopic (exact) mass is 517 g/mol. The van der Waals surface area contributed by atoms with Crippen molar-refractivity contribution in [2.75, 3.05) is 34.4 Å². The molecule has 8 heteroatoms. The van der Waals surface area contributed by atoms with Crippen LogP contribution >= 0.6 is 24.0 Å². The lowest BCUT2D eigenvalue weighted by atomic mass is 10.1. The van der Waals surface area contributed by atoms with Crippen molar-refractivity contribution in [2.45, 2.75) is 19.9 Å². The van der Waals surface area contributed by atoms with Crippen molar-refractivity contribution in [3.05, 3.63) is 53.3 Å². The van der Waals surface area contributed by atoms with Crippen LogP contribution in [0.5, 0.6) is 17.2 Å². The van der Waals surface area contributed by atoms with Crippen LogP contribution in [0.2, 0.25) is 0 Å². The van der Waals surface area contributed by atoms with Gasteiger partial charge in [-0.3, -0.25) is 0 Å². The smallest absolute Gasteiger partial charge is 0.203 e. The second kappa shape index (κ2) is 13.1. The Balaban J connectivity index is 0.00000420. The Morgan fingerprint density at radius 1 is 0.931 bits per heavy atom. The normalized spacial score (nSPS) is 10.7. The number of benzene rings is 2. The average Bonchev–Trinajstić information content (AvgIpc) is 2.72. The third kappa shape index (κ3) is 7.26. The van der Waals surface area contributed by atoms with Crippen LogP contribution in [0.15, 0.2) is 41.4 Å². The van der Waals surface area contributed by atoms with Gasteiger partial charge in [0, 0.05) is 18.7 Å². The van der Waals surface area contributed by atoms with Gasteiger partial charge in [0.05, 0.1) is 27.9 Å². The van der Waals surface area contributed by atoms with Crippen molar-refractivity contribution in [2.24, 2.45) is 4.99 Å². The summed E-state index contributed by atoms with van der Waals surface area (Å²) >= 11 is 0. The summed E-state index contributed by atoms with van der Waals surface area (Å²) in [6.07, 6.45) is 0.768. The number of guanidine groups is 1. The first-order valence-corrected chi connectivity index (χ1v) is 9.17. The molecule has 0 bridgehead atoms. The molecule has 0 aliphatic rings. The first-order chi connectivity index (χ1) is 13.6. The van der Waals surface area contributed by atoms with E-state index in [1.807, 2.05) is 19.1 Å². The van der Waals surface area contributed by atoms with Crippen molar-refractivity contribution < 1.29 is 18.6 Å². The molecule has 0 atom stereocenters. The van der Waals surface area contributed by atoms with Gasteiger partial charge in [0.2, 0.25) is 5.75 Å². The summed E-state index contributed by atoms with van der Waals surface area (Å²) < 4.78 is 29.2. The molecule has 29 heavy (non-hydrogen) atoms. The summed E-state index contributed by atoms with van der Waals surface area (Å²) in [4.78, 5) is 4.63. The van der Waals surface area contributed by atoms with E-state index >= 15 is 0 Å². The molecule has 0 fully saturated rings. The highest BCUT2D eigenvalue weighted by molar-refractivity contribution is 14.0. The predicted octanol–water partition coefficient (Wildman–Crippen LogP) is 3.77. The summed E-state index contributed by atoms with van der Waals surface area (Å²) in [6, 6.07) is 10.3. The van der Waals surface area contributed by atoms with Gasteiger partial charge in [-0.1, -0.05) is 12.1 Å². The number of nitrogens with one attached hydrogen (secondary N) is 2. The number of aliphatic imine (C=N–C) groups is 1. The lowest BCUT2D eigenvalue weighted by molar-refractivity contribution is 0.322. The second-order valence-electron chi connectivity index (χ2n) is 5.99. The molecule has 0 radical (unpaired) electrons. The maximum Gasteiger partial charge on any atom is 0.203 e. The van der Waals surface area contributed by atoms with E-state index in [2.05, 4.69) is 15.6 Å².